The standard InChI is InChI=1S/C10H19N/c1-2-9-7-5-3-4-6-8-10(9)11/h6,8-10H,2-5,7,11H2,1H3/b8-6-/t9-,10+/m1/s1. The average molecular weight is 153 g/mol. The van der Waals surface area contributed by atoms with Crippen LogP contribution in [0.4, 0.5) is 0 Å². The minimum absolute atomic E-state index is 0.320. The Morgan fingerprint density at radius 2 is 2.27 bits per heavy atom. The second-order valence-corrected chi connectivity index (χ2v) is 3.46. The van der Waals surface area contributed by atoms with Gasteiger partial charge in [0.15, 0.2) is 0 Å². The van der Waals surface area contributed by atoms with Gasteiger partial charge in [-0.15, -0.1) is 0 Å². The number of nitrogens with two attached hydrogens (primary N) is 1. The van der Waals surface area contributed by atoms with Crippen LogP contribution in [-0.4, -0.2) is 6.04 Å². The zero-order valence-electron chi connectivity index (χ0n) is 7.42. The van der Waals surface area contributed by atoms with Gasteiger partial charge in [0.1, 0.15) is 0 Å². The van der Waals surface area contributed by atoms with Gasteiger partial charge in [0, 0.05) is 6.04 Å². The maximum absolute atomic E-state index is 5.97. The summed E-state index contributed by atoms with van der Waals surface area (Å²) in [5.41, 5.74) is 5.97. The van der Waals surface area contributed by atoms with E-state index < -0.39 is 0 Å². The molecule has 1 rings (SSSR count). The van der Waals surface area contributed by atoms with Gasteiger partial charge < -0.3 is 5.73 Å². The first-order valence-electron chi connectivity index (χ1n) is 4.77. The van der Waals surface area contributed by atoms with Gasteiger partial charge in [-0.05, 0) is 25.2 Å². The van der Waals surface area contributed by atoms with Crippen LogP contribution >= 0.6 is 0 Å². The Hall–Kier alpha value is -0.300. The number of rotatable bonds is 1. The minimum Gasteiger partial charge on any atom is -0.324 e. The SMILES string of the molecule is CC[C@@H]1CCCC/C=C\[C@@H]1N. The zero-order valence-corrected chi connectivity index (χ0v) is 7.42. The first kappa shape index (κ1) is 8.79. The molecule has 64 valence electrons. The van der Waals surface area contributed by atoms with Gasteiger partial charge in [0.2, 0.25) is 0 Å². The molecule has 0 radical (unpaired) electrons. The Labute approximate surface area is 69.7 Å². The predicted octanol–water partition coefficient (Wildman–Crippen LogP) is 2.47. The molecule has 0 aromatic heterocycles. The highest BCUT2D eigenvalue weighted by Gasteiger charge is 2.13. The molecule has 2 N–H and O–H groups in total. The van der Waals surface area contributed by atoms with Crippen LogP contribution in [0, 0.1) is 5.92 Å². The first-order chi connectivity index (χ1) is 5.34. The van der Waals surface area contributed by atoms with Crippen molar-refractivity contribution in [1.29, 1.82) is 0 Å². The lowest BCUT2D eigenvalue weighted by Crippen LogP contribution is -2.28. The van der Waals surface area contributed by atoms with Crippen molar-refractivity contribution in [2.24, 2.45) is 11.7 Å². The van der Waals surface area contributed by atoms with Gasteiger partial charge >= 0.3 is 0 Å². The smallest absolute Gasteiger partial charge is 0.0252 e. The lowest BCUT2D eigenvalue weighted by Gasteiger charge is -2.21. The van der Waals surface area contributed by atoms with E-state index in [2.05, 4.69) is 19.1 Å². The molecule has 0 aliphatic heterocycles. The summed E-state index contributed by atoms with van der Waals surface area (Å²) < 4.78 is 0. The summed E-state index contributed by atoms with van der Waals surface area (Å²) in [5.74, 6) is 0.728. The Kier molecular flexibility index (Phi) is 3.64. The summed E-state index contributed by atoms with van der Waals surface area (Å²) in [6.07, 6.45) is 10.9. The van der Waals surface area contributed by atoms with Crippen molar-refractivity contribution in [3.05, 3.63) is 12.2 Å². The molecule has 0 fully saturated rings. The quantitative estimate of drug-likeness (QED) is 0.575. The highest BCUT2D eigenvalue weighted by Crippen LogP contribution is 2.19. The van der Waals surface area contributed by atoms with Crippen molar-refractivity contribution in [3.8, 4) is 0 Å². The fourth-order valence-corrected chi connectivity index (χ4v) is 1.75. The largest absolute Gasteiger partial charge is 0.324 e. The lowest BCUT2D eigenvalue weighted by atomic mass is 9.89. The van der Waals surface area contributed by atoms with Crippen LogP contribution in [0.15, 0.2) is 12.2 Å². The zero-order chi connectivity index (χ0) is 8.10. The molecule has 1 nitrogen and oxygen atoms in total. The highest BCUT2D eigenvalue weighted by atomic mass is 14.6. The third-order valence-electron chi connectivity index (χ3n) is 2.62. The van der Waals surface area contributed by atoms with Crippen LogP contribution in [0.2, 0.25) is 0 Å². The van der Waals surface area contributed by atoms with E-state index in [9.17, 15) is 0 Å². The van der Waals surface area contributed by atoms with Gasteiger partial charge in [-0.1, -0.05) is 31.9 Å². The van der Waals surface area contributed by atoms with Crippen molar-refractivity contribution in [2.45, 2.75) is 45.1 Å². The van der Waals surface area contributed by atoms with Crippen LogP contribution in [0.25, 0.3) is 0 Å². The summed E-state index contributed by atoms with van der Waals surface area (Å²) >= 11 is 0. The summed E-state index contributed by atoms with van der Waals surface area (Å²) in [5, 5.41) is 0. The monoisotopic (exact) mass is 153 g/mol. The van der Waals surface area contributed by atoms with Gasteiger partial charge in [0.25, 0.3) is 0 Å². The van der Waals surface area contributed by atoms with Gasteiger partial charge in [-0.25, -0.2) is 0 Å². The van der Waals surface area contributed by atoms with Crippen molar-refractivity contribution >= 4 is 0 Å². The predicted molar refractivity (Wildman–Crippen MR) is 49.4 cm³/mol. The second kappa shape index (κ2) is 4.55. The number of hydrogen-bond donors (Lipinski definition) is 1. The van der Waals surface area contributed by atoms with Crippen molar-refractivity contribution < 1.29 is 0 Å². The molecule has 0 spiro atoms. The molecule has 2 atom stereocenters. The van der Waals surface area contributed by atoms with Gasteiger partial charge in [-0.3, -0.25) is 0 Å². The van der Waals surface area contributed by atoms with E-state index >= 15 is 0 Å². The number of allylic oxidation sites excluding steroid dienone is 1. The molecular formula is C10H19N. The molecular weight excluding hydrogens is 134 g/mol. The molecule has 0 bridgehead atoms. The highest BCUT2D eigenvalue weighted by molar-refractivity contribution is 4.95. The molecule has 1 aliphatic carbocycles. The average Bonchev–Trinajstić information content (AvgIpc) is 1.98. The van der Waals surface area contributed by atoms with Crippen molar-refractivity contribution in [2.75, 3.05) is 0 Å². The second-order valence-electron chi connectivity index (χ2n) is 3.46. The van der Waals surface area contributed by atoms with Crippen LogP contribution in [0.1, 0.15) is 39.0 Å². The Bertz CT molecular complexity index is 129. The lowest BCUT2D eigenvalue weighted by molar-refractivity contribution is 0.402. The fraction of sp³-hybridized carbons (Fsp3) is 0.800. The molecule has 0 unspecified atom stereocenters. The van der Waals surface area contributed by atoms with E-state index in [-0.39, 0.29) is 0 Å². The Balaban J connectivity index is 2.47. The summed E-state index contributed by atoms with van der Waals surface area (Å²) in [4.78, 5) is 0. The Morgan fingerprint density at radius 1 is 1.45 bits per heavy atom. The molecule has 0 saturated carbocycles. The summed E-state index contributed by atoms with van der Waals surface area (Å²) in [7, 11) is 0. The van der Waals surface area contributed by atoms with E-state index in [0.717, 1.165) is 5.92 Å². The van der Waals surface area contributed by atoms with Crippen LogP contribution in [0.5, 0.6) is 0 Å². The van der Waals surface area contributed by atoms with Crippen LogP contribution < -0.4 is 5.73 Å². The molecule has 0 aromatic rings. The molecule has 0 heterocycles. The van der Waals surface area contributed by atoms with Crippen molar-refractivity contribution in [3.63, 3.8) is 0 Å². The fourth-order valence-electron chi connectivity index (χ4n) is 1.75. The van der Waals surface area contributed by atoms with Gasteiger partial charge in [-0.2, -0.15) is 0 Å². The maximum Gasteiger partial charge on any atom is 0.0252 e. The molecule has 0 saturated heterocycles. The summed E-state index contributed by atoms with van der Waals surface area (Å²) in [6, 6.07) is 0.320. The Morgan fingerprint density at radius 3 is 3.00 bits per heavy atom. The number of hydrogen-bond acceptors (Lipinski definition) is 1. The minimum atomic E-state index is 0.320. The molecule has 0 amide bonds. The maximum atomic E-state index is 5.97. The topological polar surface area (TPSA) is 26.0 Å². The molecule has 1 aliphatic rings. The van der Waals surface area contributed by atoms with E-state index in [1.807, 2.05) is 0 Å². The van der Waals surface area contributed by atoms with Gasteiger partial charge in [0.05, 0.1) is 0 Å². The molecule has 1 heteroatoms. The van der Waals surface area contributed by atoms with Crippen LogP contribution in [-0.2, 0) is 0 Å². The molecule has 0 aromatic carbocycles. The first-order valence-corrected chi connectivity index (χ1v) is 4.77. The van der Waals surface area contributed by atoms with E-state index in [0.29, 0.717) is 6.04 Å². The van der Waals surface area contributed by atoms with Crippen LogP contribution in [0.3, 0.4) is 0 Å². The third-order valence-corrected chi connectivity index (χ3v) is 2.62. The third kappa shape index (κ3) is 2.66. The van der Waals surface area contributed by atoms with E-state index in [1.54, 1.807) is 0 Å². The van der Waals surface area contributed by atoms with Crippen molar-refractivity contribution in [1.82, 2.24) is 0 Å². The summed E-state index contributed by atoms with van der Waals surface area (Å²) in [6.45, 7) is 2.24. The van der Waals surface area contributed by atoms with E-state index in [4.69, 9.17) is 5.73 Å². The normalized spacial score (nSPS) is 35.8. The van der Waals surface area contributed by atoms with E-state index in [1.165, 1.54) is 32.1 Å². The molecule has 11 heavy (non-hydrogen) atoms.